The summed E-state index contributed by atoms with van der Waals surface area (Å²) in [4.78, 5) is 15.3. The summed E-state index contributed by atoms with van der Waals surface area (Å²) in [6.07, 6.45) is 0.734. The Kier molecular flexibility index (Phi) is 9.41. The van der Waals surface area contributed by atoms with Crippen LogP contribution in [0.3, 0.4) is 0 Å². The zero-order chi connectivity index (χ0) is 18.9. The molecule has 0 aromatic heterocycles. The first-order valence-corrected chi connectivity index (χ1v) is 8.17. The van der Waals surface area contributed by atoms with Gasteiger partial charge in [0.05, 0.1) is 19.9 Å². The van der Waals surface area contributed by atoms with Crippen molar-refractivity contribution in [3.05, 3.63) is 48.0 Å². The van der Waals surface area contributed by atoms with Crippen molar-refractivity contribution >= 4 is 47.2 Å². The van der Waals surface area contributed by atoms with Crippen LogP contribution in [0.25, 0.3) is 0 Å². The van der Waals surface area contributed by atoms with Gasteiger partial charge in [-0.15, -0.1) is 24.0 Å². The van der Waals surface area contributed by atoms with Gasteiger partial charge in [0, 0.05) is 25.2 Å². The Bertz CT molecular complexity index is 779. The second kappa shape index (κ2) is 11.3. The number of ether oxygens (including phenoxy) is 2. The molecule has 1 amide bonds. The van der Waals surface area contributed by atoms with E-state index in [0.717, 1.165) is 17.7 Å². The van der Waals surface area contributed by atoms with Crippen molar-refractivity contribution in [2.24, 2.45) is 10.7 Å². The molecule has 2 rings (SSSR count). The van der Waals surface area contributed by atoms with E-state index in [4.69, 9.17) is 15.2 Å². The van der Waals surface area contributed by atoms with Crippen molar-refractivity contribution in [3.8, 4) is 11.5 Å². The molecule has 2 aromatic carbocycles. The Labute approximate surface area is 176 Å². The summed E-state index contributed by atoms with van der Waals surface area (Å²) in [5.74, 6) is 1.55. The highest BCUT2D eigenvalue weighted by molar-refractivity contribution is 14.0. The first-order valence-electron chi connectivity index (χ1n) is 8.17. The molecule has 0 saturated heterocycles. The van der Waals surface area contributed by atoms with Crippen LogP contribution in [0.5, 0.6) is 11.5 Å². The highest BCUT2D eigenvalue weighted by Gasteiger charge is 2.06. The average molecular weight is 484 g/mol. The van der Waals surface area contributed by atoms with Gasteiger partial charge < -0.3 is 25.8 Å². The standard InChI is InChI=1S/C19H24N4O3.HI/c1-13(24)22-15-6-4-14(5-7-15)10-11-21-19(20)23-17-12-16(25-2)8-9-18(17)26-3;/h4-9,12H,10-11H2,1-3H3,(H,22,24)(H3,20,21,23);1H. The second-order valence-corrected chi connectivity index (χ2v) is 5.59. The molecule has 27 heavy (non-hydrogen) atoms. The Morgan fingerprint density at radius 2 is 1.78 bits per heavy atom. The topological polar surface area (TPSA) is 98.0 Å². The molecular weight excluding hydrogens is 459 g/mol. The van der Waals surface area contributed by atoms with Crippen LogP contribution in [0.2, 0.25) is 0 Å². The maximum Gasteiger partial charge on any atom is 0.221 e. The minimum atomic E-state index is -0.0887. The van der Waals surface area contributed by atoms with Crippen molar-refractivity contribution in [2.75, 3.05) is 31.4 Å². The highest BCUT2D eigenvalue weighted by Crippen LogP contribution is 2.28. The van der Waals surface area contributed by atoms with Crippen LogP contribution in [-0.4, -0.2) is 32.6 Å². The Morgan fingerprint density at radius 1 is 1.07 bits per heavy atom. The highest BCUT2D eigenvalue weighted by atomic mass is 127. The fraction of sp³-hybridized carbons (Fsp3) is 0.263. The average Bonchev–Trinajstić information content (AvgIpc) is 2.62. The number of nitrogens with two attached hydrogens (primary N) is 1. The Hall–Kier alpha value is -2.49. The fourth-order valence-electron chi connectivity index (χ4n) is 2.35. The Morgan fingerprint density at radius 3 is 2.37 bits per heavy atom. The minimum absolute atomic E-state index is 0. The van der Waals surface area contributed by atoms with Crippen LogP contribution >= 0.6 is 24.0 Å². The molecule has 7 nitrogen and oxygen atoms in total. The van der Waals surface area contributed by atoms with E-state index in [2.05, 4.69) is 15.6 Å². The van der Waals surface area contributed by atoms with Crippen molar-refractivity contribution in [1.82, 2.24) is 0 Å². The van der Waals surface area contributed by atoms with Crippen molar-refractivity contribution in [1.29, 1.82) is 0 Å². The third-order valence-corrected chi connectivity index (χ3v) is 3.63. The predicted octanol–water partition coefficient (Wildman–Crippen LogP) is 3.25. The second-order valence-electron chi connectivity index (χ2n) is 5.59. The molecule has 0 unspecified atom stereocenters. The van der Waals surface area contributed by atoms with Crippen molar-refractivity contribution in [3.63, 3.8) is 0 Å². The lowest BCUT2D eigenvalue weighted by atomic mass is 10.1. The monoisotopic (exact) mass is 484 g/mol. The number of guanidine groups is 1. The number of nitrogens with zero attached hydrogens (tertiary/aromatic N) is 1. The molecular formula is C19H25IN4O3. The first-order chi connectivity index (χ1) is 12.5. The quantitative estimate of drug-likeness (QED) is 0.319. The van der Waals surface area contributed by atoms with E-state index in [9.17, 15) is 4.79 Å². The van der Waals surface area contributed by atoms with Gasteiger partial charge in [-0.2, -0.15) is 0 Å². The molecule has 0 saturated carbocycles. The van der Waals surface area contributed by atoms with Crippen molar-refractivity contribution in [2.45, 2.75) is 13.3 Å². The van der Waals surface area contributed by atoms with Gasteiger partial charge in [0.15, 0.2) is 5.96 Å². The summed E-state index contributed by atoms with van der Waals surface area (Å²) in [6, 6.07) is 13.0. The molecule has 0 aliphatic rings. The van der Waals surface area contributed by atoms with E-state index >= 15 is 0 Å². The number of nitrogens with one attached hydrogen (secondary N) is 2. The number of rotatable bonds is 7. The van der Waals surface area contributed by atoms with Gasteiger partial charge >= 0.3 is 0 Å². The third kappa shape index (κ3) is 7.33. The van der Waals surface area contributed by atoms with Gasteiger partial charge in [0.1, 0.15) is 11.5 Å². The lowest BCUT2D eigenvalue weighted by molar-refractivity contribution is -0.114. The SMILES string of the molecule is COc1ccc(OC)c(NC(N)=NCCc2ccc(NC(C)=O)cc2)c1.I. The molecule has 0 aliphatic heterocycles. The molecule has 0 aliphatic carbocycles. The number of halogens is 1. The molecule has 0 bridgehead atoms. The first kappa shape index (κ1) is 22.6. The van der Waals surface area contributed by atoms with Crippen LogP contribution in [0, 0.1) is 0 Å². The zero-order valence-corrected chi connectivity index (χ0v) is 17.9. The van der Waals surface area contributed by atoms with Gasteiger partial charge in [-0.25, -0.2) is 0 Å². The molecule has 0 fully saturated rings. The molecule has 2 aromatic rings. The molecule has 4 N–H and O–H groups in total. The van der Waals surface area contributed by atoms with E-state index < -0.39 is 0 Å². The van der Waals surface area contributed by atoms with Gasteiger partial charge in [0.25, 0.3) is 0 Å². The number of benzene rings is 2. The fourth-order valence-corrected chi connectivity index (χ4v) is 2.35. The summed E-state index contributed by atoms with van der Waals surface area (Å²) in [6.45, 7) is 2.01. The summed E-state index contributed by atoms with van der Waals surface area (Å²) >= 11 is 0. The Balaban J connectivity index is 0.00000364. The molecule has 146 valence electrons. The van der Waals surface area contributed by atoms with E-state index in [1.54, 1.807) is 26.4 Å². The largest absolute Gasteiger partial charge is 0.497 e. The number of amides is 1. The lowest BCUT2D eigenvalue weighted by Gasteiger charge is -2.12. The molecule has 0 atom stereocenters. The van der Waals surface area contributed by atoms with Crippen LogP contribution < -0.4 is 25.8 Å². The van der Waals surface area contributed by atoms with Gasteiger partial charge in [0.2, 0.25) is 5.91 Å². The van der Waals surface area contributed by atoms with Gasteiger partial charge in [-0.1, -0.05) is 12.1 Å². The zero-order valence-electron chi connectivity index (χ0n) is 15.6. The van der Waals surface area contributed by atoms with E-state index in [1.807, 2.05) is 30.3 Å². The number of hydrogen-bond acceptors (Lipinski definition) is 4. The van der Waals surface area contributed by atoms with E-state index in [1.165, 1.54) is 6.92 Å². The summed E-state index contributed by atoms with van der Waals surface area (Å²) in [7, 11) is 3.19. The number of hydrogen-bond donors (Lipinski definition) is 3. The molecule has 0 radical (unpaired) electrons. The lowest BCUT2D eigenvalue weighted by Crippen LogP contribution is -2.23. The number of methoxy groups -OCH3 is 2. The van der Waals surface area contributed by atoms with E-state index in [-0.39, 0.29) is 29.9 Å². The maximum absolute atomic E-state index is 11.0. The number of aliphatic imine (C=N–C) groups is 1. The summed E-state index contributed by atoms with van der Waals surface area (Å²) in [5.41, 5.74) is 8.53. The number of anilines is 2. The number of carbonyl (C=O) groups excluding carboxylic acids is 1. The normalized spacial score (nSPS) is 10.6. The minimum Gasteiger partial charge on any atom is -0.497 e. The van der Waals surface area contributed by atoms with Gasteiger partial charge in [-0.3, -0.25) is 9.79 Å². The van der Waals surface area contributed by atoms with Crippen LogP contribution in [0.4, 0.5) is 11.4 Å². The smallest absolute Gasteiger partial charge is 0.221 e. The van der Waals surface area contributed by atoms with Crippen LogP contribution in [0.15, 0.2) is 47.5 Å². The summed E-state index contributed by atoms with van der Waals surface area (Å²) in [5, 5.41) is 5.76. The molecule has 0 spiro atoms. The van der Waals surface area contributed by atoms with Gasteiger partial charge in [-0.05, 0) is 36.2 Å². The maximum atomic E-state index is 11.0. The summed E-state index contributed by atoms with van der Waals surface area (Å²) < 4.78 is 10.5. The van der Waals surface area contributed by atoms with Crippen LogP contribution in [0.1, 0.15) is 12.5 Å². The van der Waals surface area contributed by atoms with E-state index in [0.29, 0.717) is 29.7 Å². The van der Waals surface area contributed by atoms with Crippen LogP contribution in [-0.2, 0) is 11.2 Å². The van der Waals surface area contributed by atoms with Crippen molar-refractivity contribution < 1.29 is 14.3 Å². The molecule has 0 heterocycles. The molecule has 8 heteroatoms. The number of carbonyl (C=O) groups is 1. The predicted molar refractivity (Wildman–Crippen MR) is 120 cm³/mol. The third-order valence-electron chi connectivity index (χ3n) is 3.63.